The van der Waals surface area contributed by atoms with E-state index in [9.17, 15) is 9.59 Å². The Morgan fingerprint density at radius 3 is 2.50 bits per heavy atom. The molecule has 0 radical (unpaired) electrons. The quantitative estimate of drug-likeness (QED) is 0.840. The number of amides is 2. The molecular weight excluding hydrogens is 302 g/mol. The standard InChI is InChI=1S/C19H27N3O2/c1-4-17(23)22-12-16-11-21(10-15-8-6-5-7-9-15)13-19(16,14-22)18(24)20(2)3/h5-9,16H,4,10-14H2,1-3H3/t16-,19-/m0/s1. The van der Waals surface area contributed by atoms with Crippen LogP contribution in [0, 0.1) is 11.3 Å². The Morgan fingerprint density at radius 1 is 1.17 bits per heavy atom. The lowest BCUT2D eigenvalue weighted by atomic mass is 9.80. The minimum Gasteiger partial charge on any atom is -0.348 e. The number of benzene rings is 1. The van der Waals surface area contributed by atoms with Crippen molar-refractivity contribution in [3.05, 3.63) is 35.9 Å². The number of hydrogen-bond donors (Lipinski definition) is 0. The fourth-order valence-corrected chi connectivity index (χ4v) is 4.29. The van der Waals surface area contributed by atoms with Crippen LogP contribution in [0.1, 0.15) is 18.9 Å². The van der Waals surface area contributed by atoms with Gasteiger partial charge in [-0.1, -0.05) is 37.3 Å². The van der Waals surface area contributed by atoms with Crippen molar-refractivity contribution < 1.29 is 9.59 Å². The van der Waals surface area contributed by atoms with Crippen LogP contribution in [0.3, 0.4) is 0 Å². The number of hydrogen-bond acceptors (Lipinski definition) is 3. The van der Waals surface area contributed by atoms with Gasteiger partial charge in [0.05, 0.1) is 5.41 Å². The van der Waals surface area contributed by atoms with Crippen molar-refractivity contribution in [2.75, 3.05) is 40.3 Å². The summed E-state index contributed by atoms with van der Waals surface area (Å²) < 4.78 is 0. The van der Waals surface area contributed by atoms with Gasteiger partial charge in [-0.05, 0) is 5.56 Å². The zero-order valence-corrected chi connectivity index (χ0v) is 14.9. The van der Waals surface area contributed by atoms with Crippen molar-refractivity contribution in [1.29, 1.82) is 0 Å². The first-order valence-electron chi connectivity index (χ1n) is 8.72. The maximum atomic E-state index is 13.0. The Morgan fingerprint density at radius 2 is 1.88 bits per heavy atom. The third kappa shape index (κ3) is 2.93. The maximum Gasteiger partial charge on any atom is 0.231 e. The number of carbonyl (C=O) groups excluding carboxylic acids is 2. The molecule has 0 spiro atoms. The number of carbonyl (C=O) groups is 2. The van der Waals surface area contributed by atoms with Gasteiger partial charge < -0.3 is 9.80 Å². The van der Waals surface area contributed by atoms with Crippen molar-refractivity contribution in [3.63, 3.8) is 0 Å². The molecule has 5 nitrogen and oxygen atoms in total. The van der Waals surface area contributed by atoms with Gasteiger partial charge >= 0.3 is 0 Å². The Balaban J connectivity index is 1.79. The second-order valence-electron chi connectivity index (χ2n) is 7.34. The first kappa shape index (κ1) is 17.0. The van der Waals surface area contributed by atoms with Gasteiger partial charge in [-0.15, -0.1) is 0 Å². The second-order valence-corrected chi connectivity index (χ2v) is 7.34. The molecule has 2 amide bonds. The van der Waals surface area contributed by atoms with Crippen LogP contribution in [0.15, 0.2) is 30.3 Å². The number of fused-ring (bicyclic) bond motifs is 1. The Kier molecular flexibility index (Phi) is 4.63. The Labute approximate surface area is 144 Å². The molecule has 2 atom stereocenters. The van der Waals surface area contributed by atoms with Gasteiger partial charge in [0.15, 0.2) is 0 Å². The molecule has 0 unspecified atom stereocenters. The summed E-state index contributed by atoms with van der Waals surface area (Å²) in [5, 5.41) is 0. The summed E-state index contributed by atoms with van der Waals surface area (Å²) in [5.41, 5.74) is 0.828. The van der Waals surface area contributed by atoms with Crippen LogP contribution in [-0.2, 0) is 16.1 Å². The summed E-state index contributed by atoms with van der Waals surface area (Å²) in [6.07, 6.45) is 0.507. The van der Waals surface area contributed by atoms with Gasteiger partial charge in [-0.2, -0.15) is 0 Å². The molecule has 2 aliphatic rings. The van der Waals surface area contributed by atoms with Crippen LogP contribution in [0.4, 0.5) is 0 Å². The molecule has 0 aliphatic carbocycles. The van der Waals surface area contributed by atoms with Gasteiger partial charge in [0.25, 0.3) is 0 Å². The molecule has 0 aromatic heterocycles. The summed E-state index contributed by atoms with van der Waals surface area (Å²) in [6.45, 7) is 5.63. The van der Waals surface area contributed by atoms with E-state index in [-0.39, 0.29) is 17.7 Å². The number of likely N-dealkylation sites (tertiary alicyclic amines) is 2. The van der Waals surface area contributed by atoms with E-state index >= 15 is 0 Å². The highest BCUT2D eigenvalue weighted by Crippen LogP contribution is 2.44. The van der Waals surface area contributed by atoms with Crippen LogP contribution in [0.2, 0.25) is 0 Å². The SMILES string of the molecule is CCC(=O)N1C[C@@H]2CN(Cc3ccccc3)C[C@]2(C(=O)N(C)C)C1. The number of rotatable bonds is 4. The molecular formula is C19H27N3O2. The summed E-state index contributed by atoms with van der Waals surface area (Å²) in [6, 6.07) is 10.4. The second kappa shape index (κ2) is 6.55. The molecule has 24 heavy (non-hydrogen) atoms. The molecule has 1 aromatic rings. The van der Waals surface area contributed by atoms with Crippen molar-refractivity contribution in [3.8, 4) is 0 Å². The van der Waals surface area contributed by atoms with Gasteiger partial charge in [-0.25, -0.2) is 0 Å². The topological polar surface area (TPSA) is 43.9 Å². The fraction of sp³-hybridized carbons (Fsp3) is 0.579. The van der Waals surface area contributed by atoms with Crippen LogP contribution in [0.5, 0.6) is 0 Å². The van der Waals surface area contributed by atoms with Crippen molar-refractivity contribution in [2.24, 2.45) is 11.3 Å². The van der Waals surface area contributed by atoms with Gasteiger partial charge in [0, 0.05) is 59.2 Å². The summed E-state index contributed by atoms with van der Waals surface area (Å²) >= 11 is 0. The Bertz CT molecular complexity index is 616. The number of nitrogens with zero attached hydrogens (tertiary/aromatic N) is 3. The van der Waals surface area contributed by atoms with Crippen molar-refractivity contribution in [2.45, 2.75) is 19.9 Å². The monoisotopic (exact) mass is 329 g/mol. The van der Waals surface area contributed by atoms with E-state index in [0.29, 0.717) is 19.5 Å². The van der Waals surface area contributed by atoms with E-state index < -0.39 is 5.41 Å². The smallest absolute Gasteiger partial charge is 0.231 e. The largest absolute Gasteiger partial charge is 0.348 e. The lowest BCUT2D eigenvalue weighted by Crippen LogP contribution is -2.47. The normalized spacial score (nSPS) is 26.5. The van der Waals surface area contributed by atoms with E-state index in [1.54, 1.807) is 4.90 Å². The fourth-order valence-electron chi connectivity index (χ4n) is 4.29. The maximum absolute atomic E-state index is 13.0. The average molecular weight is 329 g/mol. The van der Waals surface area contributed by atoms with Gasteiger partial charge in [0.1, 0.15) is 0 Å². The van der Waals surface area contributed by atoms with Crippen molar-refractivity contribution in [1.82, 2.24) is 14.7 Å². The minimum atomic E-state index is -0.441. The van der Waals surface area contributed by atoms with E-state index in [1.807, 2.05) is 32.0 Å². The molecule has 5 heteroatoms. The van der Waals surface area contributed by atoms with Crippen molar-refractivity contribution >= 4 is 11.8 Å². The highest BCUT2D eigenvalue weighted by Gasteiger charge is 2.58. The highest BCUT2D eigenvalue weighted by atomic mass is 16.2. The zero-order valence-electron chi connectivity index (χ0n) is 14.9. The first-order valence-corrected chi connectivity index (χ1v) is 8.72. The third-order valence-corrected chi connectivity index (χ3v) is 5.42. The van der Waals surface area contributed by atoms with E-state index in [1.165, 1.54) is 5.56 Å². The third-order valence-electron chi connectivity index (χ3n) is 5.42. The highest BCUT2D eigenvalue weighted by molar-refractivity contribution is 5.86. The average Bonchev–Trinajstić information content (AvgIpc) is 3.08. The Hall–Kier alpha value is -1.88. The predicted octanol–water partition coefficient (Wildman–Crippen LogP) is 1.45. The lowest BCUT2D eigenvalue weighted by Gasteiger charge is -2.31. The molecule has 2 aliphatic heterocycles. The predicted molar refractivity (Wildman–Crippen MR) is 93.2 cm³/mol. The van der Waals surface area contributed by atoms with Gasteiger partial charge in [-0.3, -0.25) is 14.5 Å². The van der Waals surface area contributed by atoms with Crippen LogP contribution in [0.25, 0.3) is 0 Å². The molecule has 2 fully saturated rings. The lowest BCUT2D eigenvalue weighted by molar-refractivity contribution is -0.140. The molecule has 3 rings (SSSR count). The summed E-state index contributed by atoms with van der Waals surface area (Å²) in [4.78, 5) is 31.1. The van der Waals surface area contributed by atoms with E-state index in [2.05, 4.69) is 29.2 Å². The molecule has 0 saturated carbocycles. The molecule has 0 N–H and O–H groups in total. The van der Waals surface area contributed by atoms with Crippen LogP contribution < -0.4 is 0 Å². The van der Waals surface area contributed by atoms with Crippen LogP contribution in [-0.4, -0.2) is 66.8 Å². The summed E-state index contributed by atoms with van der Waals surface area (Å²) in [7, 11) is 3.64. The molecule has 1 aromatic carbocycles. The molecule has 2 heterocycles. The molecule has 130 valence electrons. The zero-order chi connectivity index (χ0) is 17.3. The molecule has 0 bridgehead atoms. The van der Waals surface area contributed by atoms with E-state index in [0.717, 1.165) is 19.6 Å². The summed E-state index contributed by atoms with van der Waals surface area (Å²) in [5.74, 6) is 0.547. The molecule has 2 saturated heterocycles. The minimum absolute atomic E-state index is 0.157. The van der Waals surface area contributed by atoms with E-state index in [4.69, 9.17) is 0 Å². The first-order chi connectivity index (χ1) is 11.5. The van der Waals surface area contributed by atoms with Crippen LogP contribution >= 0.6 is 0 Å². The van der Waals surface area contributed by atoms with Gasteiger partial charge in [0.2, 0.25) is 11.8 Å².